The van der Waals surface area contributed by atoms with Gasteiger partial charge in [-0.3, -0.25) is 9.59 Å². The molecule has 0 aromatic heterocycles. The molecule has 420 valence electrons. The lowest BCUT2D eigenvalue weighted by molar-refractivity contribution is 0.0528. The van der Waals surface area contributed by atoms with Crippen molar-refractivity contribution in [3.63, 3.8) is 0 Å². The van der Waals surface area contributed by atoms with E-state index in [4.69, 9.17) is 18.9 Å². The van der Waals surface area contributed by atoms with E-state index in [0.717, 1.165) is 77.2 Å². The molecule has 0 saturated carbocycles. The van der Waals surface area contributed by atoms with Crippen molar-refractivity contribution in [2.75, 3.05) is 63.8 Å². The fourth-order valence-electron chi connectivity index (χ4n) is 11.8. The topological polar surface area (TPSA) is 260 Å². The quantitative estimate of drug-likeness (QED) is 0.0761. The van der Waals surface area contributed by atoms with Gasteiger partial charge in [-0.25, -0.2) is 19.2 Å². The molecule has 6 aromatic rings. The van der Waals surface area contributed by atoms with E-state index in [-0.39, 0.29) is 84.1 Å². The van der Waals surface area contributed by atoms with Gasteiger partial charge in [-0.1, -0.05) is 13.8 Å². The number of methoxy groups -OCH3 is 4. The number of anilines is 4. The number of rotatable bonds is 6. The Balaban J connectivity index is 1.17. The summed E-state index contributed by atoms with van der Waals surface area (Å²) < 4.78 is 23.8. The predicted molar refractivity (Wildman–Crippen MR) is 308 cm³/mol. The molecule has 1 heterocycles. The Kier molecular flexibility index (Phi) is 16.7. The number of fused-ring (bicyclic) bond motifs is 8. The minimum absolute atomic E-state index is 0.0450. The second kappa shape index (κ2) is 23.8. The fraction of sp³-hybridized carbons (Fsp3) is 0.367. The van der Waals surface area contributed by atoms with Crippen LogP contribution in [0.1, 0.15) is 90.2 Å². The van der Waals surface area contributed by atoms with Crippen LogP contribution >= 0.6 is 0 Å². The van der Waals surface area contributed by atoms with Gasteiger partial charge in [0.15, 0.2) is 0 Å². The number of hydrogen-bond acceptors (Lipinski definition) is 10. The van der Waals surface area contributed by atoms with Crippen LogP contribution < -0.4 is 62.6 Å². The molecule has 9 rings (SSSR count). The van der Waals surface area contributed by atoms with Gasteiger partial charge in [-0.2, -0.15) is 0 Å². The van der Waals surface area contributed by atoms with Gasteiger partial charge in [0.05, 0.1) is 49.2 Å². The number of amides is 10. The number of hydrogen-bond donors (Lipinski definition) is 10. The molecule has 4 atom stereocenters. The summed E-state index contributed by atoms with van der Waals surface area (Å²) in [6.07, 6.45) is 1.89. The van der Waals surface area contributed by atoms with Gasteiger partial charge < -0.3 is 72.1 Å². The zero-order valence-corrected chi connectivity index (χ0v) is 46.8. The maximum atomic E-state index is 14.3. The molecule has 0 fully saturated rings. The van der Waals surface area contributed by atoms with Crippen LogP contribution in [0.3, 0.4) is 0 Å². The molecule has 20 heteroatoms. The third kappa shape index (κ3) is 11.3. The van der Waals surface area contributed by atoms with E-state index in [9.17, 15) is 28.8 Å². The van der Waals surface area contributed by atoms with E-state index >= 15 is 0 Å². The molecule has 80 heavy (non-hydrogen) atoms. The van der Waals surface area contributed by atoms with Crippen molar-refractivity contribution in [1.82, 2.24) is 31.9 Å². The highest BCUT2D eigenvalue weighted by atomic mass is 16.5. The highest BCUT2D eigenvalue weighted by Crippen LogP contribution is 2.43. The van der Waals surface area contributed by atoms with Crippen LogP contribution in [0.5, 0.6) is 11.5 Å². The van der Waals surface area contributed by atoms with Crippen LogP contribution in [0.4, 0.5) is 41.9 Å². The first-order valence-electron chi connectivity index (χ1n) is 26.7. The van der Waals surface area contributed by atoms with Gasteiger partial charge >= 0.3 is 24.1 Å². The van der Waals surface area contributed by atoms with E-state index in [2.05, 4.69) is 67.0 Å². The molecule has 10 N–H and O–H groups in total. The average Bonchev–Trinajstić information content (AvgIpc) is 3.56. The summed E-state index contributed by atoms with van der Waals surface area (Å²) in [4.78, 5) is 83.1. The van der Waals surface area contributed by atoms with Gasteiger partial charge in [0.1, 0.15) is 11.5 Å². The van der Waals surface area contributed by atoms with Gasteiger partial charge in [0.25, 0.3) is 11.8 Å². The molecule has 1 aliphatic heterocycles. The Hall–Kier alpha value is -8.62. The summed E-state index contributed by atoms with van der Waals surface area (Å²) in [7, 11) is 9.56. The lowest BCUT2D eigenvalue weighted by Gasteiger charge is -2.34. The summed E-state index contributed by atoms with van der Waals surface area (Å²) in [5.74, 6) is 0.627. The highest BCUT2D eigenvalue weighted by Gasteiger charge is 2.34. The van der Waals surface area contributed by atoms with Gasteiger partial charge in [0.2, 0.25) is 0 Å². The number of aryl methyl sites for hydroxylation is 2. The zero-order valence-electron chi connectivity index (χ0n) is 46.8. The molecule has 6 aromatic carbocycles. The van der Waals surface area contributed by atoms with Crippen molar-refractivity contribution >= 4 is 80.2 Å². The summed E-state index contributed by atoms with van der Waals surface area (Å²) in [5, 5.41) is 32.5. The minimum atomic E-state index is -0.610. The molecule has 0 radical (unpaired) electrons. The van der Waals surface area contributed by atoms with Gasteiger partial charge in [-0.15, -0.1) is 0 Å². The summed E-state index contributed by atoms with van der Waals surface area (Å²) in [5.41, 5.74) is 10.3. The van der Waals surface area contributed by atoms with Crippen molar-refractivity contribution in [1.29, 1.82) is 0 Å². The van der Waals surface area contributed by atoms with Crippen molar-refractivity contribution in [2.45, 2.75) is 91.8 Å². The molecule has 4 bridgehead atoms. The van der Waals surface area contributed by atoms with E-state index in [0.29, 0.717) is 37.2 Å². The van der Waals surface area contributed by atoms with Gasteiger partial charge in [0, 0.05) is 65.6 Å². The largest absolute Gasteiger partial charge is 0.496 e. The molecule has 0 saturated heterocycles. The number of carbonyl (C=O) groups is 6. The van der Waals surface area contributed by atoms with Crippen LogP contribution in [0.25, 0.3) is 21.5 Å². The summed E-state index contributed by atoms with van der Waals surface area (Å²) in [6.45, 7) is 8.40. The second-order valence-corrected chi connectivity index (χ2v) is 20.8. The molecular weight excluding hydrogens is 1020 g/mol. The second-order valence-electron chi connectivity index (χ2n) is 20.8. The third-order valence-electron chi connectivity index (χ3n) is 16.0. The van der Waals surface area contributed by atoms with E-state index in [1.807, 2.05) is 38.1 Å². The average molecular weight is 1090 g/mol. The molecule has 20 nitrogen and oxygen atoms in total. The fourth-order valence-corrected chi connectivity index (χ4v) is 11.8. The monoisotopic (exact) mass is 1090 g/mol. The zero-order chi connectivity index (χ0) is 57.1. The maximum Gasteiger partial charge on any atom is 0.319 e. The summed E-state index contributed by atoms with van der Waals surface area (Å²) in [6, 6.07) is 14.8. The molecule has 3 aliphatic rings. The molecule has 10 amide bonds. The first-order chi connectivity index (χ1) is 38.5. The Morgan fingerprint density at radius 1 is 0.438 bits per heavy atom. The van der Waals surface area contributed by atoms with Crippen LogP contribution in [0, 0.1) is 25.7 Å². The van der Waals surface area contributed by atoms with E-state index in [1.54, 1.807) is 52.7 Å². The van der Waals surface area contributed by atoms with Crippen molar-refractivity contribution in [3.8, 4) is 11.5 Å². The first-order valence-corrected chi connectivity index (χ1v) is 26.7. The van der Waals surface area contributed by atoms with Crippen LogP contribution in [-0.2, 0) is 61.3 Å². The van der Waals surface area contributed by atoms with Gasteiger partial charge in [-0.05, 0) is 189 Å². The van der Waals surface area contributed by atoms with Crippen molar-refractivity contribution in [2.24, 2.45) is 11.8 Å². The first kappa shape index (κ1) is 56.1. The highest BCUT2D eigenvalue weighted by molar-refractivity contribution is 6.05. The minimum Gasteiger partial charge on any atom is -0.496 e. The molecular formula is C60H70N10O10. The summed E-state index contributed by atoms with van der Waals surface area (Å²) >= 11 is 0. The Morgan fingerprint density at radius 2 is 0.750 bits per heavy atom. The molecule has 0 spiro atoms. The lowest BCUT2D eigenvalue weighted by Crippen LogP contribution is -2.36. The predicted octanol–water partition coefficient (Wildman–Crippen LogP) is 8.45. The maximum absolute atomic E-state index is 14.3. The Morgan fingerprint density at radius 3 is 1.06 bits per heavy atom. The number of benzene rings is 6. The smallest absolute Gasteiger partial charge is 0.319 e. The molecule has 2 aliphatic carbocycles. The standard InChI is InChI=1S/C60H70N10O10/c1-29-15-35-39(21-51(29)77-7)45-27-64-58(74)68-48-14-12-34(56(72)62-6)20-50(48)70-60(76)66-28-46-41-23-53(79-9)31(3)17-37(41)44(38-18-32(4)54(80-10)24-42(38)46)26-65-59(75)69-49-19-33(55(71)61-5)11-13-47(49)67-57(73)63-25-43(35)36-16-30(2)52(78-8)22-40(36)45/h11-15,17,19-21,23,30,32,52,54H,16,18,22,24-28H2,1-10H3,(H,61,71)(H,62,72)(H2,63,67,73)(H2,64,68,74)(H2,65,69,75)(H2,66,70,76)/t30-,32-,52+,54+/m0/s1. The van der Waals surface area contributed by atoms with Crippen LogP contribution in [0.15, 0.2) is 60.7 Å². The van der Waals surface area contributed by atoms with Crippen LogP contribution in [-0.4, -0.2) is 90.7 Å². The van der Waals surface area contributed by atoms with E-state index in [1.165, 1.54) is 26.2 Å². The number of ether oxygens (including phenoxy) is 4. The SMILES string of the molecule is CNC(=O)c1ccc2c(c1)NC(=O)NCc1c3c(c(c4cc(OC)c(C)cc14)CNC(=O)Nc1cc(C(=O)NC)ccc1NC(=O)NCc1c4c(c(c5cc(C)c(OC)cc15)CNC(=O)N2)C[C@H](C)[C@H](OC)C4)C[C@@H](OC)[C@@H](C)C3. The third-order valence-corrected chi connectivity index (χ3v) is 16.0. The molecule has 0 unspecified atom stereocenters. The lowest BCUT2D eigenvalue weighted by atomic mass is 9.76. The Labute approximate surface area is 464 Å². The van der Waals surface area contributed by atoms with Crippen molar-refractivity contribution < 1.29 is 47.7 Å². The van der Waals surface area contributed by atoms with Crippen molar-refractivity contribution in [3.05, 3.63) is 127 Å². The normalized spacial score (nSPS) is 18.8. The number of urea groups is 4. The Bertz CT molecular complexity index is 3490. The number of nitrogens with one attached hydrogen (secondary N) is 10. The van der Waals surface area contributed by atoms with Crippen LogP contribution in [0.2, 0.25) is 0 Å². The van der Waals surface area contributed by atoms with E-state index < -0.39 is 35.9 Å². The number of carbonyl (C=O) groups excluding carboxylic acids is 6.